The number of aromatic nitrogens is 1. The van der Waals surface area contributed by atoms with Gasteiger partial charge in [0.2, 0.25) is 0 Å². The van der Waals surface area contributed by atoms with Gasteiger partial charge in [0.05, 0.1) is 5.69 Å². The van der Waals surface area contributed by atoms with E-state index in [1.165, 1.54) is 17.7 Å². The molecule has 3 rings (SSSR count). The molecule has 1 aromatic carbocycles. The number of benzene rings is 1. The number of amides is 1. The van der Waals surface area contributed by atoms with E-state index in [4.69, 9.17) is 4.74 Å². The number of piperidine rings is 1. The molecule has 1 amide bonds. The lowest BCUT2D eigenvalue weighted by Gasteiger charge is -2.27. The predicted molar refractivity (Wildman–Crippen MR) is 104 cm³/mol. The minimum absolute atomic E-state index is 0.344. The minimum atomic E-state index is -0.573. The standard InChI is InChI=1S/C21H27N3O2/c1-21(2,3)26-20(25)24(17-9-5-4-6-10-17)19-13-12-16(15-23-19)18-11-7-8-14-22-18/h4-6,9-10,12-13,15,18,22H,7-8,11,14H2,1-3H3/t18-/m0/s1. The van der Waals surface area contributed by atoms with Crippen LogP contribution in [-0.2, 0) is 4.74 Å². The molecule has 2 heterocycles. The predicted octanol–water partition coefficient (Wildman–Crippen LogP) is 4.97. The van der Waals surface area contributed by atoms with Crippen molar-refractivity contribution in [1.29, 1.82) is 0 Å². The van der Waals surface area contributed by atoms with Crippen molar-refractivity contribution in [2.75, 3.05) is 11.4 Å². The molecule has 0 unspecified atom stereocenters. The maximum absolute atomic E-state index is 12.8. The Balaban J connectivity index is 1.87. The second-order valence-electron chi connectivity index (χ2n) is 7.60. The fourth-order valence-corrected chi connectivity index (χ4v) is 3.09. The first-order valence-corrected chi connectivity index (χ1v) is 9.21. The molecule has 5 heteroatoms. The van der Waals surface area contributed by atoms with Gasteiger partial charge in [-0.3, -0.25) is 0 Å². The van der Waals surface area contributed by atoms with Crippen LogP contribution < -0.4 is 10.2 Å². The Morgan fingerprint density at radius 2 is 1.92 bits per heavy atom. The Morgan fingerprint density at radius 1 is 1.15 bits per heavy atom. The number of carbonyl (C=O) groups excluding carboxylic acids is 1. The summed E-state index contributed by atoms with van der Waals surface area (Å²) in [6.45, 7) is 6.62. The molecule has 0 spiro atoms. The van der Waals surface area contributed by atoms with E-state index in [-0.39, 0.29) is 0 Å². The van der Waals surface area contributed by atoms with Gasteiger partial charge >= 0.3 is 6.09 Å². The minimum Gasteiger partial charge on any atom is -0.443 e. The normalized spacial score (nSPS) is 17.6. The van der Waals surface area contributed by atoms with Crippen LogP contribution in [0.25, 0.3) is 0 Å². The van der Waals surface area contributed by atoms with E-state index in [1.807, 2.05) is 69.4 Å². The third kappa shape index (κ3) is 4.61. The largest absolute Gasteiger partial charge is 0.443 e. The van der Waals surface area contributed by atoms with E-state index in [0.29, 0.717) is 11.9 Å². The number of rotatable bonds is 3. The van der Waals surface area contributed by atoms with Crippen molar-refractivity contribution in [3.63, 3.8) is 0 Å². The highest BCUT2D eigenvalue weighted by atomic mass is 16.6. The number of pyridine rings is 1. The molecule has 0 bridgehead atoms. The molecule has 0 aliphatic carbocycles. The van der Waals surface area contributed by atoms with Crippen LogP contribution in [-0.4, -0.2) is 23.2 Å². The number of ether oxygens (including phenoxy) is 1. The molecule has 0 saturated carbocycles. The van der Waals surface area contributed by atoms with Crippen LogP contribution in [0.4, 0.5) is 16.3 Å². The zero-order chi connectivity index (χ0) is 18.6. The van der Waals surface area contributed by atoms with Crippen LogP contribution in [0, 0.1) is 0 Å². The third-order valence-corrected chi connectivity index (χ3v) is 4.30. The zero-order valence-corrected chi connectivity index (χ0v) is 15.7. The van der Waals surface area contributed by atoms with Gasteiger partial charge in [0, 0.05) is 12.2 Å². The lowest BCUT2D eigenvalue weighted by molar-refractivity contribution is 0.0598. The van der Waals surface area contributed by atoms with Gasteiger partial charge in [0.1, 0.15) is 11.4 Å². The van der Waals surface area contributed by atoms with Crippen molar-refractivity contribution in [2.24, 2.45) is 0 Å². The molecule has 26 heavy (non-hydrogen) atoms. The number of nitrogens with zero attached hydrogens (tertiary/aromatic N) is 2. The molecule has 1 aliphatic heterocycles. The Morgan fingerprint density at radius 3 is 2.50 bits per heavy atom. The van der Waals surface area contributed by atoms with Crippen LogP contribution in [0.5, 0.6) is 0 Å². The number of carbonyl (C=O) groups is 1. The molecule has 2 aromatic rings. The maximum Gasteiger partial charge on any atom is 0.420 e. The highest BCUT2D eigenvalue weighted by Gasteiger charge is 2.26. The van der Waals surface area contributed by atoms with E-state index in [9.17, 15) is 4.79 Å². The summed E-state index contributed by atoms with van der Waals surface area (Å²) in [5, 5.41) is 3.52. The summed E-state index contributed by atoms with van der Waals surface area (Å²) in [6, 6.07) is 13.7. The van der Waals surface area contributed by atoms with Gasteiger partial charge in [-0.05, 0) is 63.9 Å². The molecule has 138 valence electrons. The Hall–Kier alpha value is -2.40. The number of nitrogens with one attached hydrogen (secondary N) is 1. The van der Waals surface area contributed by atoms with Crippen LogP contribution >= 0.6 is 0 Å². The van der Waals surface area contributed by atoms with Crippen molar-refractivity contribution in [2.45, 2.75) is 51.7 Å². The average molecular weight is 353 g/mol. The molecular formula is C21H27N3O2. The average Bonchev–Trinajstić information content (AvgIpc) is 2.63. The first-order chi connectivity index (χ1) is 12.4. The van der Waals surface area contributed by atoms with Crippen LogP contribution in [0.3, 0.4) is 0 Å². The second-order valence-corrected chi connectivity index (χ2v) is 7.60. The van der Waals surface area contributed by atoms with Gasteiger partial charge in [-0.1, -0.05) is 30.7 Å². The second kappa shape index (κ2) is 7.87. The lowest BCUT2D eigenvalue weighted by Crippen LogP contribution is -2.34. The van der Waals surface area contributed by atoms with Crippen molar-refractivity contribution in [1.82, 2.24) is 10.3 Å². The summed E-state index contributed by atoms with van der Waals surface area (Å²) in [5.41, 5.74) is 1.32. The smallest absolute Gasteiger partial charge is 0.420 e. The SMILES string of the molecule is CC(C)(C)OC(=O)N(c1ccccc1)c1ccc([C@@H]2CCCCN2)cn1. The molecule has 1 aromatic heterocycles. The summed E-state index contributed by atoms with van der Waals surface area (Å²) >= 11 is 0. The summed E-state index contributed by atoms with van der Waals surface area (Å²) in [7, 11) is 0. The monoisotopic (exact) mass is 353 g/mol. The summed E-state index contributed by atoms with van der Waals surface area (Å²) in [4.78, 5) is 18.9. The Kier molecular flexibility index (Phi) is 5.57. The molecule has 1 atom stereocenters. The maximum atomic E-state index is 12.8. The van der Waals surface area contributed by atoms with Gasteiger partial charge in [0.15, 0.2) is 0 Å². The van der Waals surface area contributed by atoms with Gasteiger partial charge in [-0.25, -0.2) is 14.7 Å². The third-order valence-electron chi connectivity index (χ3n) is 4.30. The fourth-order valence-electron chi connectivity index (χ4n) is 3.09. The van der Waals surface area contributed by atoms with E-state index in [1.54, 1.807) is 0 Å². The molecular weight excluding hydrogens is 326 g/mol. The van der Waals surface area contributed by atoms with E-state index < -0.39 is 11.7 Å². The van der Waals surface area contributed by atoms with Gasteiger partial charge in [-0.15, -0.1) is 0 Å². The number of hydrogen-bond donors (Lipinski definition) is 1. The first kappa shape index (κ1) is 18.4. The van der Waals surface area contributed by atoms with Crippen LogP contribution in [0.2, 0.25) is 0 Å². The van der Waals surface area contributed by atoms with Crippen LogP contribution in [0.15, 0.2) is 48.7 Å². The van der Waals surface area contributed by atoms with E-state index in [0.717, 1.165) is 24.2 Å². The molecule has 0 radical (unpaired) electrons. The highest BCUT2D eigenvalue weighted by molar-refractivity contribution is 5.95. The quantitative estimate of drug-likeness (QED) is 0.846. The van der Waals surface area contributed by atoms with E-state index >= 15 is 0 Å². The van der Waals surface area contributed by atoms with Gasteiger partial charge in [0.25, 0.3) is 0 Å². The molecule has 1 fully saturated rings. The van der Waals surface area contributed by atoms with Gasteiger partial charge in [-0.2, -0.15) is 0 Å². The number of anilines is 2. The summed E-state index contributed by atoms with van der Waals surface area (Å²) in [6.07, 6.45) is 5.00. The summed E-state index contributed by atoms with van der Waals surface area (Å²) < 4.78 is 5.59. The Bertz CT molecular complexity index is 717. The fraction of sp³-hybridized carbons (Fsp3) is 0.429. The molecule has 1 aliphatic rings. The zero-order valence-electron chi connectivity index (χ0n) is 15.7. The van der Waals surface area contributed by atoms with Crippen molar-refractivity contribution < 1.29 is 9.53 Å². The first-order valence-electron chi connectivity index (χ1n) is 9.21. The topological polar surface area (TPSA) is 54.5 Å². The van der Waals surface area contributed by atoms with Crippen LogP contribution in [0.1, 0.15) is 51.6 Å². The molecule has 1 saturated heterocycles. The lowest BCUT2D eigenvalue weighted by atomic mass is 9.99. The molecule has 1 N–H and O–H groups in total. The van der Waals surface area contributed by atoms with E-state index in [2.05, 4.69) is 10.3 Å². The molecule has 5 nitrogen and oxygen atoms in total. The van der Waals surface area contributed by atoms with Crippen molar-refractivity contribution >= 4 is 17.6 Å². The number of para-hydroxylation sites is 1. The summed E-state index contributed by atoms with van der Waals surface area (Å²) in [5.74, 6) is 0.560. The van der Waals surface area contributed by atoms with Crippen molar-refractivity contribution in [3.05, 3.63) is 54.2 Å². The Labute approximate surface area is 155 Å². The highest BCUT2D eigenvalue weighted by Crippen LogP contribution is 2.28. The van der Waals surface area contributed by atoms with Crippen molar-refractivity contribution in [3.8, 4) is 0 Å². The van der Waals surface area contributed by atoms with Gasteiger partial charge < -0.3 is 10.1 Å². The number of hydrogen-bond acceptors (Lipinski definition) is 4.